The van der Waals surface area contributed by atoms with E-state index in [1.54, 1.807) is 12.1 Å². The molecule has 0 amide bonds. The molecule has 0 saturated heterocycles. The lowest BCUT2D eigenvalue weighted by molar-refractivity contribution is 0.590. The number of aromatic nitrogens is 2. The van der Waals surface area contributed by atoms with Crippen LogP contribution >= 0.6 is 27.5 Å². The predicted octanol–water partition coefficient (Wildman–Crippen LogP) is 2.73. The average molecular weight is 275 g/mol. The maximum absolute atomic E-state index is 5.95. The molecule has 0 saturated carbocycles. The van der Waals surface area contributed by atoms with Gasteiger partial charge in [-0.15, -0.1) is 5.10 Å². The van der Waals surface area contributed by atoms with Crippen LogP contribution in [0.3, 0.4) is 0 Å². The Morgan fingerprint density at radius 2 is 2.14 bits per heavy atom. The van der Waals surface area contributed by atoms with Crippen molar-refractivity contribution in [3.8, 4) is 11.5 Å². The number of halogens is 2. The van der Waals surface area contributed by atoms with E-state index in [1.807, 2.05) is 6.07 Å². The molecule has 0 aliphatic heterocycles. The summed E-state index contributed by atoms with van der Waals surface area (Å²) >= 11 is 9.27. The quantitative estimate of drug-likeness (QED) is 0.868. The number of rotatable bonds is 1. The smallest absolute Gasteiger partial charge is 0.313 e. The highest BCUT2D eigenvalue weighted by atomic mass is 79.9. The molecule has 0 bridgehead atoms. The van der Waals surface area contributed by atoms with Crippen molar-refractivity contribution < 1.29 is 4.42 Å². The first-order valence-corrected chi connectivity index (χ1v) is 4.88. The molecule has 0 spiro atoms. The van der Waals surface area contributed by atoms with E-state index in [0.29, 0.717) is 16.5 Å². The van der Waals surface area contributed by atoms with Crippen LogP contribution in [0.25, 0.3) is 11.5 Å². The summed E-state index contributed by atoms with van der Waals surface area (Å²) in [5.41, 5.74) is 5.97. The number of nitrogens with two attached hydrogens (primary N) is 1. The van der Waals surface area contributed by atoms with Gasteiger partial charge in [0.05, 0.1) is 10.6 Å². The van der Waals surface area contributed by atoms with Gasteiger partial charge < -0.3 is 10.2 Å². The van der Waals surface area contributed by atoms with E-state index in [4.69, 9.17) is 21.8 Å². The van der Waals surface area contributed by atoms with Gasteiger partial charge in [0, 0.05) is 4.47 Å². The number of hydrogen-bond donors (Lipinski definition) is 1. The summed E-state index contributed by atoms with van der Waals surface area (Å²) in [6, 6.07) is 5.37. The fourth-order valence-electron chi connectivity index (χ4n) is 1.00. The molecular formula is C8H5BrClN3O. The molecule has 72 valence electrons. The van der Waals surface area contributed by atoms with Crippen LogP contribution in [-0.2, 0) is 0 Å². The van der Waals surface area contributed by atoms with Crippen LogP contribution in [0.4, 0.5) is 6.01 Å². The van der Waals surface area contributed by atoms with E-state index < -0.39 is 0 Å². The molecule has 4 nitrogen and oxygen atoms in total. The molecule has 14 heavy (non-hydrogen) atoms. The van der Waals surface area contributed by atoms with Crippen molar-refractivity contribution in [2.24, 2.45) is 0 Å². The van der Waals surface area contributed by atoms with Crippen molar-refractivity contribution in [3.05, 3.63) is 27.7 Å². The van der Waals surface area contributed by atoms with Gasteiger partial charge in [-0.3, -0.25) is 0 Å². The molecule has 6 heteroatoms. The molecule has 0 aliphatic rings. The fourth-order valence-corrected chi connectivity index (χ4v) is 1.56. The predicted molar refractivity (Wildman–Crippen MR) is 56.9 cm³/mol. The van der Waals surface area contributed by atoms with Crippen LogP contribution in [-0.4, -0.2) is 10.2 Å². The van der Waals surface area contributed by atoms with Gasteiger partial charge in [0.1, 0.15) is 0 Å². The Labute approximate surface area is 93.2 Å². The summed E-state index contributed by atoms with van der Waals surface area (Å²) in [6.45, 7) is 0. The van der Waals surface area contributed by atoms with Crippen molar-refractivity contribution in [2.75, 3.05) is 5.73 Å². The molecule has 1 heterocycles. The lowest BCUT2D eigenvalue weighted by atomic mass is 10.2. The third-order valence-corrected chi connectivity index (χ3v) is 2.42. The molecule has 1 aromatic heterocycles. The van der Waals surface area contributed by atoms with Gasteiger partial charge in [0.2, 0.25) is 0 Å². The zero-order valence-corrected chi connectivity index (χ0v) is 9.21. The van der Waals surface area contributed by atoms with Crippen molar-refractivity contribution in [2.45, 2.75) is 0 Å². The average Bonchev–Trinajstić information content (AvgIpc) is 2.56. The Hall–Kier alpha value is -1.07. The number of hydrogen-bond acceptors (Lipinski definition) is 4. The lowest BCUT2D eigenvalue weighted by Gasteiger charge is -1.98. The van der Waals surface area contributed by atoms with Crippen LogP contribution in [0.2, 0.25) is 5.02 Å². The molecule has 2 rings (SSSR count). The number of nitrogens with zero attached hydrogens (tertiary/aromatic N) is 2. The summed E-state index contributed by atoms with van der Waals surface area (Å²) in [5.74, 6) is 0.314. The second kappa shape index (κ2) is 3.59. The van der Waals surface area contributed by atoms with E-state index in [9.17, 15) is 0 Å². The van der Waals surface area contributed by atoms with Gasteiger partial charge in [-0.2, -0.15) is 0 Å². The molecule has 0 fully saturated rings. The second-order valence-corrected chi connectivity index (χ2v) is 3.89. The highest BCUT2D eigenvalue weighted by molar-refractivity contribution is 9.10. The molecule has 0 atom stereocenters. The third kappa shape index (κ3) is 1.73. The molecule has 2 N–H and O–H groups in total. The van der Waals surface area contributed by atoms with E-state index in [-0.39, 0.29) is 6.01 Å². The van der Waals surface area contributed by atoms with Crippen LogP contribution in [0.1, 0.15) is 0 Å². The van der Waals surface area contributed by atoms with E-state index >= 15 is 0 Å². The molecule has 1 aromatic carbocycles. The van der Waals surface area contributed by atoms with Crippen LogP contribution in [0.5, 0.6) is 0 Å². The SMILES string of the molecule is Nc1nnc(-c2cc(Br)ccc2Cl)o1. The van der Waals surface area contributed by atoms with Gasteiger partial charge in [-0.25, -0.2) is 0 Å². The van der Waals surface area contributed by atoms with Crippen molar-refractivity contribution >= 4 is 33.5 Å². The summed E-state index contributed by atoms with van der Waals surface area (Å²) in [5, 5.41) is 7.83. The first kappa shape index (κ1) is 9.48. The first-order chi connectivity index (χ1) is 6.66. The largest absolute Gasteiger partial charge is 0.404 e. The molecule has 0 aliphatic carbocycles. The molecule has 0 radical (unpaired) electrons. The van der Waals surface area contributed by atoms with Crippen LogP contribution < -0.4 is 5.73 Å². The number of nitrogen functional groups attached to an aromatic ring is 1. The highest BCUT2D eigenvalue weighted by Gasteiger charge is 2.10. The summed E-state index contributed by atoms with van der Waals surface area (Å²) in [7, 11) is 0. The number of anilines is 1. The van der Waals surface area contributed by atoms with Gasteiger partial charge in [-0.1, -0.05) is 32.6 Å². The Balaban J connectivity index is 2.55. The van der Waals surface area contributed by atoms with E-state index in [0.717, 1.165) is 4.47 Å². The van der Waals surface area contributed by atoms with Crippen molar-refractivity contribution in [3.63, 3.8) is 0 Å². The molecule has 2 aromatic rings. The van der Waals surface area contributed by atoms with Gasteiger partial charge in [0.25, 0.3) is 5.89 Å². The van der Waals surface area contributed by atoms with E-state index in [2.05, 4.69) is 26.1 Å². The Bertz CT molecular complexity index is 471. The Morgan fingerprint density at radius 1 is 1.36 bits per heavy atom. The van der Waals surface area contributed by atoms with Crippen molar-refractivity contribution in [1.29, 1.82) is 0 Å². The van der Waals surface area contributed by atoms with Crippen molar-refractivity contribution in [1.82, 2.24) is 10.2 Å². The monoisotopic (exact) mass is 273 g/mol. The highest BCUT2D eigenvalue weighted by Crippen LogP contribution is 2.29. The van der Waals surface area contributed by atoms with Gasteiger partial charge >= 0.3 is 6.01 Å². The molecule has 0 unspecified atom stereocenters. The normalized spacial score (nSPS) is 10.4. The summed E-state index contributed by atoms with van der Waals surface area (Å²) in [4.78, 5) is 0. The maximum atomic E-state index is 5.95. The first-order valence-electron chi connectivity index (χ1n) is 3.71. The van der Waals surface area contributed by atoms with Gasteiger partial charge in [-0.05, 0) is 18.2 Å². The third-order valence-electron chi connectivity index (χ3n) is 1.60. The van der Waals surface area contributed by atoms with Gasteiger partial charge in [0.15, 0.2) is 0 Å². The maximum Gasteiger partial charge on any atom is 0.313 e. The number of benzene rings is 1. The minimum Gasteiger partial charge on any atom is -0.404 e. The second-order valence-electron chi connectivity index (χ2n) is 2.57. The Morgan fingerprint density at radius 3 is 2.79 bits per heavy atom. The Kier molecular flexibility index (Phi) is 2.43. The minimum atomic E-state index is 0.0241. The van der Waals surface area contributed by atoms with Crippen LogP contribution in [0.15, 0.2) is 27.1 Å². The van der Waals surface area contributed by atoms with Crippen LogP contribution in [0, 0.1) is 0 Å². The topological polar surface area (TPSA) is 64.9 Å². The minimum absolute atomic E-state index is 0.0241. The molecular weight excluding hydrogens is 269 g/mol. The van der Waals surface area contributed by atoms with E-state index in [1.165, 1.54) is 0 Å². The zero-order valence-electron chi connectivity index (χ0n) is 6.87. The fraction of sp³-hybridized carbons (Fsp3) is 0. The summed E-state index contributed by atoms with van der Waals surface area (Å²) < 4.78 is 5.94. The lowest BCUT2D eigenvalue weighted by Crippen LogP contribution is -1.81. The zero-order chi connectivity index (χ0) is 10.1. The standard InChI is InChI=1S/C8H5BrClN3O/c9-4-1-2-6(10)5(3-4)7-12-13-8(11)14-7/h1-3H,(H2,11,13). The summed E-state index contributed by atoms with van der Waals surface area (Å²) in [6.07, 6.45) is 0.